The minimum Gasteiger partial charge on any atom is -0.444 e. The third-order valence-corrected chi connectivity index (χ3v) is 7.19. The van der Waals surface area contributed by atoms with E-state index in [1.165, 1.54) is 0 Å². The van der Waals surface area contributed by atoms with E-state index in [4.69, 9.17) is 9.47 Å². The van der Waals surface area contributed by atoms with Gasteiger partial charge in [-0.2, -0.15) is 5.26 Å². The largest absolute Gasteiger partial charge is 0.444 e. The van der Waals surface area contributed by atoms with E-state index in [0.717, 1.165) is 30.5 Å². The monoisotopic (exact) mass is 508 g/mol. The predicted octanol–water partition coefficient (Wildman–Crippen LogP) is 3.49. The van der Waals surface area contributed by atoms with Crippen LogP contribution in [0, 0.1) is 17.2 Å². The van der Waals surface area contributed by atoms with Gasteiger partial charge in [-0.05, 0) is 77.5 Å². The third kappa shape index (κ3) is 5.77. The Kier molecular flexibility index (Phi) is 7.29. The normalized spacial score (nSPS) is 22.0. The molecule has 2 aromatic rings. The maximum atomic E-state index is 13.3. The van der Waals surface area contributed by atoms with Gasteiger partial charge in [0.2, 0.25) is 5.91 Å². The van der Waals surface area contributed by atoms with Gasteiger partial charge in [-0.25, -0.2) is 9.48 Å². The van der Waals surface area contributed by atoms with Crippen molar-refractivity contribution >= 4 is 12.0 Å². The maximum absolute atomic E-state index is 13.3. The smallest absolute Gasteiger partial charge is 0.411 e. The molecule has 1 saturated carbocycles. The van der Waals surface area contributed by atoms with Crippen molar-refractivity contribution in [1.29, 1.82) is 5.26 Å². The molecule has 37 heavy (non-hydrogen) atoms. The zero-order valence-electron chi connectivity index (χ0n) is 22.4. The molecule has 1 saturated heterocycles. The topological polar surface area (TPSA) is 122 Å². The number of piperidine rings is 1. The number of carbonyl (C=O) groups excluding carboxylic acids is 2. The van der Waals surface area contributed by atoms with Gasteiger partial charge >= 0.3 is 6.09 Å². The highest BCUT2D eigenvalue weighted by Gasteiger charge is 2.52. The van der Waals surface area contributed by atoms with Gasteiger partial charge in [-0.3, -0.25) is 9.69 Å². The summed E-state index contributed by atoms with van der Waals surface area (Å²) in [5, 5.41) is 21.0. The van der Waals surface area contributed by atoms with Crippen molar-refractivity contribution in [3.8, 4) is 11.8 Å². The minimum absolute atomic E-state index is 0.00967. The van der Waals surface area contributed by atoms with Crippen molar-refractivity contribution in [2.45, 2.75) is 89.6 Å². The molecule has 2 bridgehead atoms. The summed E-state index contributed by atoms with van der Waals surface area (Å²) in [5.74, 6) is -0.205. The highest BCUT2D eigenvalue weighted by molar-refractivity contribution is 5.87. The standard InChI is InChI=1S/C27H36N6O4/c1-26(2,3)37-25(35)33-21-12-9-18(14-21)23(33)24(34)29-19(15-28)13-17-7-10-20(11-8-17)32-16-22(30-31-32)27(4,5)36-6/h7-8,10-11,16,18-19,21,23H,9,12-14H2,1-6H3,(H,29,34)/t18-,19-,21+,23-/m0/s1. The molecule has 1 aliphatic carbocycles. The fourth-order valence-electron chi connectivity index (χ4n) is 5.08. The maximum Gasteiger partial charge on any atom is 0.411 e. The summed E-state index contributed by atoms with van der Waals surface area (Å²) < 4.78 is 12.7. The van der Waals surface area contributed by atoms with E-state index in [9.17, 15) is 14.9 Å². The number of carbonyl (C=O) groups is 2. The van der Waals surface area contributed by atoms with Gasteiger partial charge in [0.05, 0.1) is 18.0 Å². The van der Waals surface area contributed by atoms with Crippen LogP contribution in [0.3, 0.4) is 0 Å². The minimum atomic E-state index is -0.724. The highest BCUT2D eigenvalue weighted by atomic mass is 16.6. The molecule has 198 valence electrons. The first-order chi connectivity index (χ1) is 17.4. The zero-order chi connectivity index (χ0) is 27.0. The van der Waals surface area contributed by atoms with Crippen molar-refractivity contribution in [3.63, 3.8) is 0 Å². The molecule has 4 atom stereocenters. The Morgan fingerprint density at radius 1 is 1.19 bits per heavy atom. The number of likely N-dealkylation sites (tertiary alicyclic amines) is 1. The van der Waals surface area contributed by atoms with Gasteiger partial charge in [0.1, 0.15) is 29.0 Å². The van der Waals surface area contributed by atoms with Crippen molar-refractivity contribution < 1.29 is 19.1 Å². The van der Waals surface area contributed by atoms with Gasteiger partial charge < -0.3 is 14.8 Å². The molecule has 2 amide bonds. The molecule has 10 nitrogen and oxygen atoms in total. The Labute approximate surface area is 217 Å². The summed E-state index contributed by atoms with van der Waals surface area (Å²) in [5.41, 5.74) is 1.24. The summed E-state index contributed by atoms with van der Waals surface area (Å²) in [6, 6.07) is 8.46. The molecule has 4 rings (SSSR count). The number of benzene rings is 1. The van der Waals surface area contributed by atoms with E-state index in [1.54, 1.807) is 16.7 Å². The Morgan fingerprint density at radius 2 is 1.89 bits per heavy atom. The van der Waals surface area contributed by atoms with Crippen LogP contribution in [-0.2, 0) is 26.3 Å². The van der Waals surface area contributed by atoms with Crippen molar-refractivity contribution in [1.82, 2.24) is 25.2 Å². The van der Waals surface area contributed by atoms with E-state index >= 15 is 0 Å². The number of hydrogen-bond donors (Lipinski definition) is 1. The van der Waals surface area contributed by atoms with Crippen LogP contribution in [0.5, 0.6) is 0 Å². The molecular formula is C27H36N6O4. The number of hydrogen-bond acceptors (Lipinski definition) is 7. The lowest BCUT2D eigenvalue weighted by molar-refractivity contribution is -0.128. The summed E-state index contributed by atoms with van der Waals surface area (Å²) in [6.07, 6.45) is 4.26. The summed E-state index contributed by atoms with van der Waals surface area (Å²) in [6.45, 7) is 9.28. The molecule has 2 aliphatic rings. The zero-order valence-corrected chi connectivity index (χ0v) is 22.4. The van der Waals surface area contributed by atoms with Gasteiger partial charge in [0, 0.05) is 19.6 Å². The van der Waals surface area contributed by atoms with E-state index in [2.05, 4.69) is 21.7 Å². The number of ether oxygens (including phenoxy) is 2. The molecule has 1 aromatic carbocycles. The molecule has 1 aliphatic heterocycles. The first-order valence-corrected chi connectivity index (χ1v) is 12.7. The lowest BCUT2D eigenvalue weighted by atomic mass is 9.97. The Balaban J connectivity index is 1.41. The van der Waals surface area contributed by atoms with Gasteiger partial charge in [0.15, 0.2) is 0 Å². The fourth-order valence-corrected chi connectivity index (χ4v) is 5.08. The molecule has 10 heteroatoms. The number of methoxy groups -OCH3 is 1. The molecule has 1 N–H and O–H groups in total. The number of amides is 2. The second-order valence-corrected chi connectivity index (χ2v) is 11.4. The number of nitrogens with zero attached hydrogens (tertiary/aromatic N) is 5. The number of rotatable bonds is 7. The lowest BCUT2D eigenvalue weighted by Crippen LogP contribution is -2.55. The quantitative estimate of drug-likeness (QED) is 0.607. The SMILES string of the molecule is COC(C)(C)c1cn(-c2ccc(C[C@@H](C#N)NC(=O)[C@@H]3[C@H]4CC[C@H](C4)N3C(=O)OC(C)(C)C)cc2)nn1. The van der Waals surface area contributed by atoms with Crippen LogP contribution in [0.1, 0.15) is 65.1 Å². The second kappa shape index (κ2) is 10.1. The van der Waals surface area contributed by atoms with Crippen LogP contribution < -0.4 is 5.32 Å². The van der Waals surface area contributed by atoms with Crippen molar-refractivity contribution in [2.75, 3.05) is 7.11 Å². The van der Waals surface area contributed by atoms with Crippen LogP contribution in [-0.4, -0.2) is 62.7 Å². The number of aromatic nitrogens is 3. The number of fused-ring (bicyclic) bond motifs is 2. The third-order valence-electron chi connectivity index (χ3n) is 7.19. The Morgan fingerprint density at radius 3 is 2.51 bits per heavy atom. The molecule has 0 radical (unpaired) electrons. The van der Waals surface area contributed by atoms with Crippen LogP contribution in [0.15, 0.2) is 30.5 Å². The van der Waals surface area contributed by atoms with Gasteiger partial charge in [0.25, 0.3) is 0 Å². The summed E-state index contributed by atoms with van der Waals surface area (Å²) in [4.78, 5) is 27.7. The van der Waals surface area contributed by atoms with E-state index in [-0.39, 0.29) is 17.9 Å². The lowest BCUT2D eigenvalue weighted by Gasteiger charge is -2.35. The highest BCUT2D eigenvalue weighted by Crippen LogP contribution is 2.43. The first kappa shape index (κ1) is 26.6. The Hall–Kier alpha value is -3.45. The van der Waals surface area contributed by atoms with E-state index in [1.807, 2.05) is 65.1 Å². The predicted molar refractivity (Wildman–Crippen MR) is 136 cm³/mol. The van der Waals surface area contributed by atoms with Crippen molar-refractivity contribution in [2.24, 2.45) is 5.92 Å². The number of nitriles is 1. The van der Waals surface area contributed by atoms with E-state index in [0.29, 0.717) is 12.1 Å². The molecular weight excluding hydrogens is 472 g/mol. The molecule has 2 heterocycles. The molecule has 2 fully saturated rings. The summed E-state index contributed by atoms with van der Waals surface area (Å²) in [7, 11) is 1.63. The fraction of sp³-hybridized carbons (Fsp3) is 0.593. The van der Waals surface area contributed by atoms with Gasteiger partial charge in [-0.15, -0.1) is 5.10 Å². The summed E-state index contributed by atoms with van der Waals surface area (Å²) >= 11 is 0. The van der Waals surface area contributed by atoms with Crippen LogP contribution in [0.4, 0.5) is 4.79 Å². The average molecular weight is 509 g/mol. The van der Waals surface area contributed by atoms with E-state index < -0.39 is 29.4 Å². The second-order valence-electron chi connectivity index (χ2n) is 11.4. The van der Waals surface area contributed by atoms with Gasteiger partial charge in [-0.1, -0.05) is 17.3 Å². The van der Waals surface area contributed by atoms with Crippen LogP contribution in [0.2, 0.25) is 0 Å². The number of nitrogens with one attached hydrogen (secondary N) is 1. The molecule has 1 aromatic heterocycles. The molecule has 0 spiro atoms. The van der Waals surface area contributed by atoms with Crippen LogP contribution >= 0.6 is 0 Å². The first-order valence-electron chi connectivity index (χ1n) is 12.7. The average Bonchev–Trinajstić information content (AvgIpc) is 3.59. The Bertz CT molecular complexity index is 1180. The van der Waals surface area contributed by atoms with Crippen LogP contribution in [0.25, 0.3) is 5.69 Å². The molecule has 0 unspecified atom stereocenters. The van der Waals surface area contributed by atoms with Crippen molar-refractivity contribution in [3.05, 3.63) is 41.7 Å².